The van der Waals surface area contributed by atoms with Gasteiger partial charge in [0.1, 0.15) is 0 Å². The van der Waals surface area contributed by atoms with Gasteiger partial charge in [-0.1, -0.05) is 6.92 Å². The van der Waals surface area contributed by atoms with Gasteiger partial charge >= 0.3 is 0 Å². The summed E-state index contributed by atoms with van der Waals surface area (Å²) in [5.41, 5.74) is 2.23. The highest BCUT2D eigenvalue weighted by Crippen LogP contribution is 2.18. The van der Waals surface area contributed by atoms with Gasteiger partial charge in [-0.15, -0.1) is 0 Å². The number of rotatable bonds is 6. The molecule has 0 unspecified atom stereocenters. The Hall–Kier alpha value is -1.29. The van der Waals surface area contributed by atoms with Crippen molar-refractivity contribution in [2.45, 2.75) is 39.2 Å². The average molecular weight is 262 g/mol. The summed E-state index contributed by atoms with van der Waals surface area (Å²) in [6, 6.07) is 2.74. The van der Waals surface area contributed by atoms with Crippen LogP contribution in [0.4, 0.5) is 11.4 Å². The van der Waals surface area contributed by atoms with Crippen LogP contribution in [0.3, 0.4) is 0 Å². The number of nitrogens with one attached hydrogen (secondary N) is 2. The third-order valence-electron chi connectivity index (χ3n) is 3.62. The molecule has 0 bridgehead atoms. The average Bonchev–Trinajstić information content (AvgIpc) is 2.42. The first-order valence-electron chi connectivity index (χ1n) is 7.49. The minimum absolute atomic E-state index is 0.590. The molecule has 1 saturated heterocycles. The van der Waals surface area contributed by atoms with Gasteiger partial charge in [-0.05, 0) is 38.8 Å². The van der Waals surface area contributed by atoms with E-state index in [4.69, 9.17) is 0 Å². The van der Waals surface area contributed by atoms with Crippen molar-refractivity contribution in [3.8, 4) is 0 Å². The standard InChI is InChI=1S/C15H26N4/c1-3-7-19-8-5-13(6-9-19)18-15-10-14(17-4-2)11-16-12-15/h10-13,17-18H,3-9H2,1-2H3. The second kappa shape index (κ2) is 7.34. The zero-order chi connectivity index (χ0) is 13.5. The molecule has 19 heavy (non-hydrogen) atoms. The highest BCUT2D eigenvalue weighted by atomic mass is 15.1. The SMILES string of the molecule is CCCN1CCC(Nc2cncc(NCC)c2)CC1. The second-order valence-electron chi connectivity index (χ2n) is 5.25. The molecule has 0 spiro atoms. The lowest BCUT2D eigenvalue weighted by atomic mass is 10.0. The molecule has 2 rings (SSSR count). The maximum atomic E-state index is 4.28. The summed E-state index contributed by atoms with van der Waals surface area (Å²) < 4.78 is 0. The van der Waals surface area contributed by atoms with Crippen LogP contribution in [0, 0.1) is 0 Å². The molecule has 1 aliphatic heterocycles. The number of hydrogen-bond acceptors (Lipinski definition) is 4. The third-order valence-corrected chi connectivity index (χ3v) is 3.62. The highest BCUT2D eigenvalue weighted by Gasteiger charge is 2.18. The molecular weight excluding hydrogens is 236 g/mol. The molecule has 4 heteroatoms. The lowest BCUT2D eigenvalue weighted by molar-refractivity contribution is 0.219. The zero-order valence-electron chi connectivity index (χ0n) is 12.2. The molecule has 0 aliphatic carbocycles. The van der Waals surface area contributed by atoms with Gasteiger partial charge in [0.2, 0.25) is 0 Å². The predicted octanol–water partition coefficient (Wildman–Crippen LogP) is 2.80. The molecule has 0 radical (unpaired) electrons. The molecule has 4 nitrogen and oxygen atoms in total. The van der Waals surface area contributed by atoms with E-state index in [1.807, 2.05) is 12.4 Å². The van der Waals surface area contributed by atoms with Crippen LogP contribution in [0.25, 0.3) is 0 Å². The summed E-state index contributed by atoms with van der Waals surface area (Å²) in [7, 11) is 0. The molecule has 1 aliphatic rings. The number of likely N-dealkylation sites (tertiary alicyclic amines) is 1. The molecule has 0 atom stereocenters. The Morgan fingerprint density at radius 1 is 1.21 bits per heavy atom. The highest BCUT2D eigenvalue weighted by molar-refractivity contribution is 5.54. The van der Waals surface area contributed by atoms with Gasteiger partial charge in [0.15, 0.2) is 0 Å². The quantitative estimate of drug-likeness (QED) is 0.827. The molecule has 0 saturated carbocycles. The van der Waals surface area contributed by atoms with Crippen LogP contribution in [0.15, 0.2) is 18.5 Å². The van der Waals surface area contributed by atoms with Crippen molar-refractivity contribution in [2.24, 2.45) is 0 Å². The van der Waals surface area contributed by atoms with E-state index < -0.39 is 0 Å². The molecule has 106 valence electrons. The monoisotopic (exact) mass is 262 g/mol. The fraction of sp³-hybridized carbons (Fsp3) is 0.667. The van der Waals surface area contributed by atoms with E-state index in [0.29, 0.717) is 6.04 Å². The first-order chi connectivity index (χ1) is 9.31. The number of pyridine rings is 1. The summed E-state index contributed by atoms with van der Waals surface area (Å²) in [5.74, 6) is 0. The Morgan fingerprint density at radius 2 is 1.95 bits per heavy atom. The van der Waals surface area contributed by atoms with Gasteiger partial charge in [-0.3, -0.25) is 4.98 Å². The molecule has 0 amide bonds. The van der Waals surface area contributed by atoms with Crippen LogP contribution in [-0.4, -0.2) is 42.1 Å². The Kier molecular flexibility index (Phi) is 5.45. The van der Waals surface area contributed by atoms with Crippen molar-refractivity contribution < 1.29 is 0 Å². The number of aromatic nitrogens is 1. The van der Waals surface area contributed by atoms with Gasteiger partial charge in [-0.25, -0.2) is 0 Å². The lowest BCUT2D eigenvalue weighted by Crippen LogP contribution is -2.39. The molecule has 2 heterocycles. The third kappa shape index (κ3) is 4.39. The van der Waals surface area contributed by atoms with E-state index >= 15 is 0 Å². The van der Waals surface area contributed by atoms with Crippen molar-refractivity contribution in [3.63, 3.8) is 0 Å². The number of anilines is 2. The van der Waals surface area contributed by atoms with Gasteiger partial charge < -0.3 is 15.5 Å². The van der Waals surface area contributed by atoms with Crippen LogP contribution in [0.1, 0.15) is 33.1 Å². The molecule has 1 fully saturated rings. The largest absolute Gasteiger partial charge is 0.384 e. The Morgan fingerprint density at radius 3 is 2.63 bits per heavy atom. The predicted molar refractivity (Wildman–Crippen MR) is 81.8 cm³/mol. The summed E-state index contributed by atoms with van der Waals surface area (Å²) in [6.45, 7) is 8.95. The van der Waals surface area contributed by atoms with Crippen molar-refractivity contribution in [1.29, 1.82) is 0 Å². The number of nitrogens with zero attached hydrogens (tertiary/aromatic N) is 2. The summed E-state index contributed by atoms with van der Waals surface area (Å²) >= 11 is 0. The maximum absolute atomic E-state index is 4.28. The smallest absolute Gasteiger partial charge is 0.0549 e. The van der Waals surface area contributed by atoms with Crippen LogP contribution < -0.4 is 10.6 Å². The molecule has 2 N–H and O–H groups in total. The van der Waals surface area contributed by atoms with E-state index in [0.717, 1.165) is 17.9 Å². The topological polar surface area (TPSA) is 40.2 Å². The Bertz CT molecular complexity index is 372. The van der Waals surface area contributed by atoms with Gasteiger partial charge in [0.05, 0.1) is 23.8 Å². The number of piperidine rings is 1. The number of hydrogen-bond donors (Lipinski definition) is 2. The zero-order valence-corrected chi connectivity index (χ0v) is 12.2. The molecule has 0 aromatic carbocycles. The first-order valence-corrected chi connectivity index (χ1v) is 7.49. The van der Waals surface area contributed by atoms with Crippen molar-refractivity contribution >= 4 is 11.4 Å². The summed E-state index contributed by atoms with van der Waals surface area (Å²) in [5, 5.41) is 6.91. The van der Waals surface area contributed by atoms with Crippen LogP contribution in [-0.2, 0) is 0 Å². The lowest BCUT2D eigenvalue weighted by Gasteiger charge is -2.32. The van der Waals surface area contributed by atoms with E-state index in [1.165, 1.54) is 38.9 Å². The van der Waals surface area contributed by atoms with Gasteiger partial charge in [-0.2, -0.15) is 0 Å². The van der Waals surface area contributed by atoms with Crippen LogP contribution >= 0.6 is 0 Å². The molecular formula is C15H26N4. The van der Waals surface area contributed by atoms with Crippen LogP contribution in [0.2, 0.25) is 0 Å². The van der Waals surface area contributed by atoms with Gasteiger partial charge in [0, 0.05) is 25.7 Å². The van der Waals surface area contributed by atoms with Gasteiger partial charge in [0.25, 0.3) is 0 Å². The van der Waals surface area contributed by atoms with E-state index in [9.17, 15) is 0 Å². The summed E-state index contributed by atoms with van der Waals surface area (Å²) in [6.07, 6.45) is 7.50. The second-order valence-corrected chi connectivity index (χ2v) is 5.25. The first kappa shape index (κ1) is 14.1. The summed E-state index contributed by atoms with van der Waals surface area (Å²) in [4.78, 5) is 6.84. The normalized spacial score (nSPS) is 17.4. The molecule has 1 aromatic heterocycles. The van der Waals surface area contributed by atoms with E-state index in [2.05, 4.69) is 40.4 Å². The maximum Gasteiger partial charge on any atom is 0.0549 e. The van der Waals surface area contributed by atoms with Crippen molar-refractivity contribution in [3.05, 3.63) is 18.5 Å². The fourth-order valence-electron chi connectivity index (χ4n) is 2.67. The Balaban J connectivity index is 1.83. The molecule has 1 aromatic rings. The Labute approximate surface area is 116 Å². The minimum atomic E-state index is 0.590. The van der Waals surface area contributed by atoms with E-state index in [-0.39, 0.29) is 0 Å². The fourth-order valence-corrected chi connectivity index (χ4v) is 2.67. The minimum Gasteiger partial charge on any atom is -0.384 e. The van der Waals surface area contributed by atoms with Crippen molar-refractivity contribution in [1.82, 2.24) is 9.88 Å². The van der Waals surface area contributed by atoms with E-state index in [1.54, 1.807) is 0 Å². The van der Waals surface area contributed by atoms with Crippen molar-refractivity contribution in [2.75, 3.05) is 36.8 Å². The van der Waals surface area contributed by atoms with Crippen LogP contribution in [0.5, 0.6) is 0 Å².